The van der Waals surface area contributed by atoms with Crippen LogP contribution in [0.1, 0.15) is 22.8 Å². The number of amides is 1. The molecule has 0 spiro atoms. The van der Waals surface area contributed by atoms with Gasteiger partial charge in [0.2, 0.25) is 0 Å². The monoisotopic (exact) mass is 312 g/mol. The number of carbonyl (C=O) groups is 1. The number of hydrogen-bond acceptors (Lipinski definition) is 4. The summed E-state index contributed by atoms with van der Waals surface area (Å²) in [6.45, 7) is 1.96. The lowest BCUT2D eigenvalue weighted by molar-refractivity contribution is -0.131. The Labute approximate surface area is 135 Å². The van der Waals surface area contributed by atoms with Crippen molar-refractivity contribution in [3.63, 3.8) is 0 Å². The van der Waals surface area contributed by atoms with Crippen molar-refractivity contribution in [2.24, 2.45) is 5.10 Å². The van der Waals surface area contributed by atoms with Gasteiger partial charge in [0, 0.05) is 7.11 Å². The van der Waals surface area contributed by atoms with Gasteiger partial charge in [-0.25, -0.2) is 5.43 Å². The van der Waals surface area contributed by atoms with E-state index < -0.39 is 6.10 Å². The van der Waals surface area contributed by atoms with Crippen LogP contribution in [0, 0.1) is 6.92 Å². The summed E-state index contributed by atoms with van der Waals surface area (Å²) in [5.41, 5.74) is 5.15. The SMILES string of the molecule is COc1cc(/C=N\NC(=O)[C@@H](OC)c2ccccc2)ccc1C. The van der Waals surface area contributed by atoms with Crippen molar-refractivity contribution in [2.75, 3.05) is 14.2 Å². The summed E-state index contributed by atoms with van der Waals surface area (Å²) in [6.07, 6.45) is 0.873. The van der Waals surface area contributed by atoms with Gasteiger partial charge in [-0.3, -0.25) is 4.79 Å². The lowest BCUT2D eigenvalue weighted by Crippen LogP contribution is -2.26. The van der Waals surface area contributed by atoms with Crippen LogP contribution in [0.4, 0.5) is 0 Å². The van der Waals surface area contributed by atoms with E-state index in [1.165, 1.54) is 7.11 Å². The highest BCUT2D eigenvalue weighted by Crippen LogP contribution is 2.18. The maximum absolute atomic E-state index is 12.2. The molecule has 0 radical (unpaired) electrons. The van der Waals surface area contributed by atoms with Gasteiger partial charge < -0.3 is 9.47 Å². The van der Waals surface area contributed by atoms with Crippen LogP contribution in [-0.2, 0) is 9.53 Å². The minimum atomic E-state index is -0.694. The van der Waals surface area contributed by atoms with E-state index in [1.54, 1.807) is 13.3 Å². The number of nitrogens with zero attached hydrogens (tertiary/aromatic N) is 1. The maximum atomic E-state index is 12.2. The number of methoxy groups -OCH3 is 2. The van der Waals surface area contributed by atoms with Crippen LogP contribution in [0.15, 0.2) is 53.6 Å². The van der Waals surface area contributed by atoms with Crippen LogP contribution in [0.5, 0.6) is 5.75 Å². The van der Waals surface area contributed by atoms with Gasteiger partial charge in [-0.2, -0.15) is 5.10 Å². The summed E-state index contributed by atoms with van der Waals surface area (Å²) in [5, 5.41) is 3.98. The third kappa shape index (κ3) is 4.40. The molecule has 1 N–H and O–H groups in total. The van der Waals surface area contributed by atoms with Crippen molar-refractivity contribution >= 4 is 12.1 Å². The predicted octanol–water partition coefficient (Wildman–Crippen LogP) is 2.84. The zero-order chi connectivity index (χ0) is 16.7. The zero-order valence-electron chi connectivity index (χ0n) is 13.4. The maximum Gasteiger partial charge on any atom is 0.273 e. The molecular weight excluding hydrogens is 292 g/mol. The molecule has 2 rings (SSSR count). The van der Waals surface area contributed by atoms with Crippen molar-refractivity contribution in [1.82, 2.24) is 5.43 Å². The van der Waals surface area contributed by atoms with Gasteiger partial charge in [0.05, 0.1) is 13.3 Å². The van der Waals surface area contributed by atoms with Gasteiger partial charge in [-0.05, 0) is 29.7 Å². The van der Waals surface area contributed by atoms with Crippen LogP contribution in [0.3, 0.4) is 0 Å². The Hall–Kier alpha value is -2.66. The van der Waals surface area contributed by atoms with Crippen LogP contribution >= 0.6 is 0 Å². The molecule has 0 aromatic heterocycles. The molecule has 0 aliphatic rings. The van der Waals surface area contributed by atoms with E-state index in [0.29, 0.717) is 0 Å². The fraction of sp³-hybridized carbons (Fsp3) is 0.222. The smallest absolute Gasteiger partial charge is 0.273 e. The van der Waals surface area contributed by atoms with E-state index in [-0.39, 0.29) is 5.91 Å². The second-order valence-corrected chi connectivity index (χ2v) is 4.99. The molecule has 0 aliphatic carbocycles. The lowest BCUT2D eigenvalue weighted by atomic mass is 10.1. The molecule has 1 atom stereocenters. The van der Waals surface area contributed by atoms with Crippen molar-refractivity contribution in [3.05, 3.63) is 65.2 Å². The van der Waals surface area contributed by atoms with Crippen molar-refractivity contribution < 1.29 is 14.3 Å². The molecule has 0 fully saturated rings. The first-order valence-corrected chi connectivity index (χ1v) is 7.21. The molecule has 2 aromatic carbocycles. The first kappa shape index (κ1) is 16.7. The molecule has 0 aliphatic heterocycles. The summed E-state index contributed by atoms with van der Waals surface area (Å²) in [5.74, 6) is 0.452. The summed E-state index contributed by atoms with van der Waals surface area (Å²) in [4.78, 5) is 12.2. The minimum Gasteiger partial charge on any atom is -0.496 e. The first-order valence-electron chi connectivity index (χ1n) is 7.21. The molecule has 0 heterocycles. The Kier molecular flexibility index (Phi) is 5.88. The number of hydrazone groups is 1. The molecule has 1 amide bonds. The van der Waals surface area contributed by atoms with Crippen LogP contribution in [-0.4, -0.2) is 26.3 Å². The Morgan fingerprint density at radius 2 is 1.91 bits per heavy atom. The molecule has 0 unspecified atom stereocenters. The van der Waals surface area contributed by atoms with Gasteiger partial charge in [-0.1, -0.05) is 42.5 Å². The molecule has 2 aromatic rings. The molecular formula is C18H20N2O3. The van der Waals surface area contributed by atoms with Crippen LogP contribution in [0.2, 0.25) is 0 Å². The summed E-state index contributed by atoms with van der Waals surface area (Å²) in [6, 6.07) is 15.0. The fourth-order valence-corrected chi connectivity index (χ4v) is 2.17. The second kappa shape index (κ2) is 8.10. The lowest BCUT2D eigenvalue weighted by Gasteiger charge is -2.13. The third-order valence-corrected chi connectivity index (χ3v) is 3.40. The van der Waals surface area contributed by atoms with Gasteiger partial charge in [0.15, 0.2) is 6.10 Å². The van der Waals surface area contributed by atoms with Gasteiger partial charge in [0.1, 0.15) is 5.75 Å². The highest BCUT2D eigenvalue weighted by atomic mass is 16.5. The molecule has 120 valence electrons. The first-order chi connectivity index (χ1) is 11.2. The Balaban J connectivity index is 2.03. The topological polar surface area (TPSA) is 59.9 Å². The van der Waals surface area contributed by atoms with Gasteiger partial charge in [-0.15, -0.1) is 0 Å². The number of aryl methyl sites for hydroxylation is 1. The van der Waals surface area contributed by atoms with Crippen LogP contribution < -0.4 is 10.2 Å². The highest BCUT2D eigenvalue weighted by molar-refractivity contribution is 5.85. The standard InChI is InChI=1S/C18H20N2O3/c1-13-9-10-14(11-16(13)22-2)12-19-20-18(21)17(23-3)15-7-5-4-6-8-15/h4-12,17H,1-3H3,(H,20,21)/b19-12-/t17-/m0/s1. The van der Waals surface area contributed by atoms with E-state index in [4.69, 9.17) is 9.47 Å². The molecule has 5 heteroatoms. The predicted molar refractivity (Wildman–Crippen MR) is 89.7 cm³/mol. The average Bonchev–Trinajstić information content (AvgIpc) is 2.58. The minimum absolute atomic E-state index is 0.325. The van der Waals surface area contributed by atoms with Crippen LogP contribution in [0.25, 0.3) is 0 Å². The second-order valence-electron chi connectivity index (χ2n) is 4.99. The number of nitrogens with one attached hydrogen (secondary N) is 1. The molecule has 0 saturated carbocycles. The Morgan fingerprint density at radius 1 is 1.17 bits per heavy atom. The third-order valence-electron chi connectivity index (χ3n) is 3.40. The van der Waals surface area contributed by atoms with Crippen molar-refractivity contribution in [1.29, 1.82) is 0 Å². The normalized spacial score (nSPS) is 12.1. The number of ether oxygens (including phenoxy) is 2. The van der Waals surface area contributed by atoms with E-state index >= 15 is 0 Å². The molecule has 0 saturated heterocycles. The Morgan fingerprint density at radius 3 is 2.57 bits per heavy atom. The van der Waals surface area contributed by atoms with Crippen molar-refractivity contribution in [3.8, 4) is 5.75 Å². The summed E-state index contributed by atoms with van der Waals surface area (Å²) in [7, 11) is 3.11. The summed E-state index contributed by atoms with van der Waals surface area (Å²) < 4.78 is 10.5. The van der Waals surface area contributed by atoms with Gasteiger partial charge in [0.25, 0.3) is 5.91 Å². The number of carbonyl (C=O) groups excluding carboxylic acids is 1. The number of rotatable bonds is 6. The molecule has 0 bridgehead atoms. The van der Waals surface area contributed by atoms with E-state index in [0.717, 1.165) is 22.4 Å². The quantitative estimate of drug-likeness (QED) is 0.659. The Bertz CT molecular complexity index is 684. The zero-order valence-corrected chi connectivity index (χ0v) is 13.4. The van der Waals surface area contributed by atoms with E-state index in [9.17, 15) is 4.79 Å². The fourth-order valence-electron chi connectivity index (χ4n) is 2.17. The number of benzene rings is 2. The summed E-state index contributed by atoms with van der Waals surface area (Å²) >= 11 is 0. The van der Waals surface area contributed by atoms with Gasteiger partial charge >= 0.3 is 0 Å². The average molecular weight is 312 g/mol. The van der Waals surface area contributed by atoms with Crippen molar-refractivity contribution in [2.45, 2.75) is 13.0 Å². The molecule has 5 nitrogen and oxygen atoms in total. The largest absolute Gasteiger partial charge is 0.496 e. The highest BCUT2D eigenvalue weighted by Gasteiger charge is 2.18. The van der Waals surface area contributed by atoms with E-state index in [1.807, 2.05) is 55.5 Å². The molecule has 23 heavy (non-hydrogen) atoms. The van der Waals surface area contributed by atoms with E-state index in [2.05, 4.69) is 10.5 Å². The number of hydrogen-bond donors (Lipinski definition) is 1.